The van der Waals surface area contributed by atoms with Gasteiger partial charge in [-0.05, 0) is 19.1 Å². The maximum absolute atomic E-state index is 13.3. The van der Waals surface area contributed by atoms with Gasteiger partial charge in [0.05, 0.1) is 23.5 Å². The third-order valence-electron chi connectivity index (χ3n) is 2.14. The van der Waals surface area contributed by atoms with Gasteiger partial charge in [0.2, 0.25) is 0 Å². The normalized spacial score (nSPS) is 10.2. The number of nitrogens with one attached hydrogen (secondary N) is 1. The number of nitrogens with two attached hydrogens (primary N) is 1. The smallest absolute Gasteiger partial charge is 0.338 e. The Morgan fingerprint density at radius 1 is 1.59 bits per heavy atom. The Bertz CT molecular complexity index is 410. The highest BCUT2D eigenvalue weighted by Crippen LogP contribution is 2.22. The first-order chi connectivity index (χ1) is 8.06. The number of rotatable bonds is 6. The fourth-order valence-electron chi connectivity index (χ4n) is 1.31. The van der Waals surface area contributed by atoms with Gasteiger partial charge in [0.25, 0.3) is 0 Å². The van der Waals surface area contributed by atoms with Gasteiger partial charge < -0.3 is 20.9 Å². The van der Waals surface area contributed by atoms with Crippen LogP contribution in [0.25, 0.3) is 0 Å². The van der Waals surface area contributed by atoms with Crippen LogP contribution in [0.4, 0.5) is 15.8 Å². The summed E-state index contributed by atoms with van der Waals surface area (Å²) in [6, 6.07) is 2.17. The van der Waals surface area contributed by atoms with Gasteiger partial charge >= 0.3 is 5.97 Å². The third-order valence-corrected chi connectivity index (χ3v) is 2.14. The summed E-state index contributed by atoms with van der Waals surface area (Å²) in [5.74, 6) is -2.15. The molecule has 17 heavy (non-hydrogen) atoms. The molecule has 0 radical (unpaired) electrons. The maximum Gasteiger partial charge on any atom is 0.338 e. The highest BCUT2D eigenvalue weighted by molar-refractivity contribution is 5.90. The van der Waals surface area contributed by atoms with Crippen LogP contribution in [-0.4, -0.2) is 30.8 Å². The van der Waals surface area contributed by atoms with Crippen molar-refractivity contribution in [2.75, 3.05) is 30.8 Å². The molecule has 1 aromatic carbocycles. The molecule has 1 aromatic rings. The minimum Gasteiger partial charge on any atom is -0.478 e. The largest absolute Gasteiger partial charge is 0.478 e. The van der Waals surface area contributed by atoms with E-state index < -0.39 is 17.3 Å². The average Bonchev–Trinajstić information content (AvgIpc) is 2.28. The summed E-state index contributed by atoms with van der Waals surface area (Å²) in [5.41, 5.74) is 5.74. The first kappa shape index (κ1) is 13.2. The van der Waals surface area contributed by atoms with Gasteiger partial charge in [-0.2, -0.15) is 0 Å². The number of carboxylic acids is 1. The number of hydrogen-bond donors (Lipinski definition) is 3. The molecule has 0 fully saturated rings. The quantitative estimate of drug-likeness (QED) is 0.520. The molecular formula is C11H15FN2O3. The number of ether oxygens (including phenoxy) is 1. The zero-order valence-electron chi connectivity index (χ0n) is 9.50. The topological polar surface area (TPSA) is 84.6 Å². The van der Waals surface area contributed by atoms with Crippen molar-refractivity contribution in [2.45, 2.75) is 6.92 Å². The van der Waals surface area contributed by atoms with E-state index in [1.807, 2.05) is 6.92 Å². The zero-order chi connectivity index (χ0) is 12.8. The third kappa shape index (κ3) is 3.60. The molecule has 4 N–H and O–H groups in total. The molecule has 0 bridgehead atoms. The summed E-state index contributed by atoms with van der Waals surface area (Å²) in [4.78, 5) is 10.6. The lowest BCUT2D eigenvalue weighted by molar-refractivity contribution is 0.0692. The van der Waals surface area contributed by atoms with Crippen LogP contribution >= 0.6 is 0 Å². The molecule has 6 heteroatoms. The van der Waals surface area contributed by atoms with Crippen molar-refractivity contribution < 1.29 is 19.0 Å². The molecule has 0 heterocycles. The van der Waals surface area contributed by atoms with Crippen LogP contribution in [0.1, 0.15) is 17.3 Å². The Morgan fingerprint density at radius 2 is 2.29 bits per heavy atom. The lowest BCUT2D eigenvalue weighted by atomic mass is 10.1. The second-order valence-corrected chi connectivity index (χ2v) is 3.35. The molecule has 0 unspecified atom stereocenters. The van der Waals surface area contributed by atoms with Gasteiger partial charge in [0.1, 0.15) is 5.82 Å². The number of hydrogen-bond acceptors (Lipinski definition) is 4. The fourth-order valence-corrected chi connectivity index (χ4v) is 1.31. The van der Waals surface area contributed by atoms with E-state index in [2.05, 4.69) is 5.32 Å². The molecule has 0 atom stereocenters. The molecule has 0 aromatic heterocycles. The number of aromatic carboxylic acids is 1. The summed E-state index contributed by atoms with van der Waals surface area (Å²) in [6.07, 6.45) is 0. The SMILES string of the molecule is CCOCCNc1cc(F)c(C(=O)O)cc1N. The van der Waals surface area contributed by atoms with Gasteiger partial charge in [0.15, 0.2) is 0 Å². The van der Waals surface area contributed by atoms with Crippen molar-refractivity contribution in [3.63, 3.8) is 0 Å². The van der Waals surface area contributed by atoms with E-state index in [0.717, 1.165) is 12.1 Å². The van der Waals surface area contributed by atoms with Crippen molar-refractivity contribution in [3.05, 3.63) is 23.5 Å². The minimum atomic E-state index is -1.34. The monoisotopic (exact) mass is 242 g/mol. The zero-order valence-corrected chi connectivity index (χ0v) is 9.50. The second-order valence-electron chi connectivity index (χ2n) is 3.35. The van der Waals surface area contributed by atoms with E-state index in [0.29, 0.717) is 25.4 Å². The predicted molar refractivity (Wildman–Crippen MR) is 62.8 cm³/mol. The molecule has 0 saturated carbocycles. The summed E-state index contributed by atoms with van der Waals surface area (Å²) in [6.45, 7) is 3.42. The standard InChI is InChI=1S/C11H15FN2O3/c1-2-17-4-3-14-10-6-8(12)7(11(15)16)5-9(10)13/h5-6,14H,2-4,13H2,1H3,(H,15,16). The molecule has 0 saturated heterocycles. The van der Waals surface area contributed by atoms with Crippen LogP contribution in [0.15, 0.2) is 12.1 Å². The number of benzene rings is 1. The number of halogens is 1. The van der Waals surface area contributed by atoms with Crippen LogP contribution in [-0.2, 0) is 4.74 Å². The number of carbonyl (C=O) groups is 1. The number of nitrogen functional groups attached to an aromatic ring is 1. The summed E-state index contributed by atoms with van der Waals surface area (Å²) >= 11 is 0. The molecule has 0 aliphatic carbocycles. The number of anilines is 2. The van der Waals surface area contributed by atoms with E-state index >= 15 is 0 Å². The van der Waals surface area contributed by atoms with E-state index in [4.69, 9.17) is 15.6 Å². The highest BCUT2D eigenvalue weighted by atomic mass is 19.1. The van der Waals surface area contributed by atoms with Gasteiger partial charge in [0, 0.05) is 13.2 Å². The van der Waals surface area contributed by atoms with Crippen LogP contribution in [0.3, 0.4) is 0 Å². The van der Waals surface area contributed by atoms with E-state index in [1.165, 1.54) is 0 Å². The molecule has 0 aliphatic heterocycles. The maximum atomic E-state index is 13.3. The van der Waals surface area contributed by atoms with Crippen molar-refractivity contribution in [1.29, 1.82) is 0 Å². The molecule has 1 rings (SSSR count). The highest BCUT2D eigenvalue weighted by Gasteiger charge is 2.13. The van der Waals surface area contributed by atoms with Crippen molar-refractivity contribution in [2.24, 2.45) is 0 Å². The van der Waals surface area contributed by atoms with Gasteiger partial charge in [-0.3, -0.25) is 0 Å². The molecular weight excluding hydrogens is 227 g/mol. The van der Waals surface area contributed by atoms with Crippen LogP contribution in [0.2, 0.25) is 0 Å². The average molecular weight is 242 g/mol. The minimum absolute atomic E-state index is 0.195. The van der Waals surface area contributed by atoms with E-state index in [1.54, 1.807) is 0 Å². The van der Waals surface area contributed by atoms with Crippen LogP contribution in [0, 0.1) is 5.82 Å². The Labute approximate surface area is 98.4 Å². The van der Waals surface area contributed by atoms with E-state index in [-0.39, 0.29) is 5.69 Å². The summed E-state index contributed by atoms with van der Waals surface area (Å²) in [7, 11) is 0. The Hall–Kier alpha value is -1.82. The van der Waals surface area contributed by atoms with Crippen molar-refractivity contribution >= 4 is 17.3 Å². The first-order valence-corrected chi connectivity index (χ1v) is 5.20. The molecule has 0 spiro atoms. The fraction of sp³-hybridized carbons (Fsp3) is 0.364. The van der Waals surface area contributed by atoms with Crippen LogP contribution in [0.5, 0.6) is 0 Å². The number of carboxylic acid groups (broad SMARTS) is 1. The summed E-state index contributed by atoms with van der Waals surface area (Å²) < 4.78 is 18.4. The molecule has 5 nitrogen and oxygen atoms in total. The lowest BCUT2D eigenvalue weighted by Gasteiger charge is -2.10. The molecule has 94 valence electrons. The molecule has 0 aliphatic rings. The van der Waals surface area contributed by atoms with Crippen molar-refractivity contribution in [3.8, 4) is 0 Å². The van der Waals surface area contributed by atoms with Crippen LogP contribution < -0.4 is 11.1 Å². The molecule has 0 amide bonds. The summed E-state index contributed by atoms with van der Waals surface area (Å²) in [5, 5.41) is 11.6. The lowest BCUT2D eigenvalue weighted by Crippen LogP contribution is -2.12. The Kier molecular flexibility index (Phi) is 4.71. The Balaban J connectivity index is 2.74. The Morgan fingerprint density at radius 3 is 2.88 bits per heavy atom. The van der Waals surface area contributed by atoms with Gasteiger partial charge in [-0.15, -0.1) is 0 Å². The van der Waals surface area contributed by atoms with Gasteiger partial charge in [-0.25, -0.2) is 9.18 Å². The van der Waals surface area contributed by atoms with Gasteiger partial charge in [-0.1, -0.05) is 0 Å². The predicted octanol–water partition coefficient (Wildman–Crippen LogP) is 1.55. The van der Waals surface area contributed by atoms with Crippen molar-refractivity contribution in [1.82, 2.24) is 0 Å². The van der Waals surface area contributed by atoms with E-state index in [9.17, 15) is 9.18 Å². The first-order valence-electron chi connectivity index (χ1n) is 5.20. The second kappa shape index (κ2) is 6.05.